The predicted molar refractivity (Wildman–Crippen MR) is 298 cm³/mol. The van der Waals surface area contributed by atoms with Crippen molar-refractivity contribution in [1.29, 1.82) is 0 Å². The van der Waals surface area contributed by atoms with Gasteiger partial charge in [0.1, 0.15) is 11.2 Å². The average Bonchev–Trinajstić information content (AvgIpc) is 4.15. The number of furan rings is 1. The van der Waals surface area contributed by atoms with E-state index in [2.05, 4.69) is 194 Å². The zero-order chi connectivity index (χ0) is 45.9. The fourth-order valence-electron chi connectivity index (χ4n) is 10.9. The Morgan fingerprint density at radius 1 is 0.478 bits per heavy atom. The standard InChI is InChI=1S/C63H41N3OS2/c1-36(2)62(65-63(47-24-14-26-53-59(47)44-20-8-11-25-52(44)67-53)64-37(3)42-23-15-29-56-60(42)45-21-9-12-27-54(45)68-56)49-34-41(35-57-61(49)46-22-10-13-28-55(46)69-57)66-50-31-30-38-16-6-7-19-43(38)58(50)48-32-39-17-4-5-18-40(39)33-51(48)66/h4-35,62H,1H2,2-3H3. The zero-order valence-electron chi connectivity index (χ0n) is 37.8. The van der Waals surface area contributed by atoms with Crippen LogP contribution in [0.5, 0.6) is 0 Å². The molecular weight excluding hydrogens is 879 g/mol. The molecule has 0 saturated carbocycles. The Morgan fingerprint density at radius 3 is 1.90 bits per heavy atom. The first kappa shape index (κ1) is 40.0. The van der Waals surface area contributed by atoms with E-state index in [1.807, 2.05) is 40.9 Å². The topological polar surface area (TPSA) is 42.8 Å². The molecule has 0 radical (unpaired) electrons. The highest BCUT2D eigenvalue weighted by Crippen LogP contribution is 2.46. The molecule has 14 aromatic rings. The van der Waals surface area contributed by atoms with Gasteiger partial charge in [0, 0.05) is 84.4 Å². The lowest BCUT2D eigenvalue weighted by Crippen LogP contribution is -2.09. The highest BCUT2D eigenvalue weighted by Gasteiger charge is 2.25. The Morgan fingerprint density at radius 2 is 1.10 bits per heavy atom. The minimum absolute atomic E-state index is 0.474. The monoisotopic (exact) mass is 919 g/mol. The molecule has 4 aromatic heterocycles. The third kappa shape index (κ3) is 6.19. The third-order valence-electron chi connectivity index (χ3n) is 14.0. The van der Waals surface area contributed by atoms with Gasteiger partial charge in [-0.05, 0) is 102 Å². The van der Waals surface area contributed by atoms with Gasteiger partial charge in [-0.2, -0.15) is 0 Å². The van der Waals surface area contributed by atoms with Gasteiger partial charge < -0.3 is 8.98 Å². The summed E-state index contributed by atoms with van der Waals surface area (Å²) in [6.45, 7) is 8.98. The molecule has 10 aromatic carbocycles. The lowest BCUT2D eigenvalue weighted by Gasteiger charge is -2.19. The van der Waals surface area contributed by atoms with Gasteiger partial charge in [-0.1, -0.05) is 146 Å². The van der Waals surface area contributed by atoms with Gasteiger partial charge in [0.25, 0.3) is 0 Å². The molecule has 0 fully saturated rings. The number of rotatable bonds is 6. The number of nitrogens with zero attached hydrogens (tertiary/aromatic N) is 3. The predicted octanol–water partition coefficient (Wildman–Crippen LogP) is 18.3. The van der Waals surface area contributed by atoms with E-state index in [-0.39, 0.29) is 0 Å². The zero-order valence-corrected chi connectivity index (χ0v) is 39.5. The number of benzene rings is 10. The van der Waals surface area contributed by atoms with Gasteiger partial charge >= 0.3 is 0 Å². The largest absolute Gasteiger partial charge is 0.456 e. The maximum Gasteiger partial charge on any atom is 0.156 e. The molecule has 69 heavy (non-hydrogen) atoms. The van der Waals surface area contributed by atoms with Crippen LogP contribution in [-0.2, 0) is 0 Å². The van der Waals surface area contributed by atoms with Crippen LogP contribution >= 0.6 is 22.7 Å². The molecule has 14 rings (SSSR count). The van der Waals surface area contributed by atoms with Crippen molar-refractivity contribution in [2.45, 2.75) is 19.9 Å². The van der Waals surface area contributed by atoms with Gasteiger partial charge in [-0.25, -0.2) is 4.99 Å². The van der Waals surface area contributed by atoms with Gasteiger partial charge in [0.15, 0.2) is 5.84 Å². The molecule has 0 aliphatic carbocycles. The Bertz CT molecular complexity index is 4560. The molecule has 0 aliphatic heterocycles. The van der Waals surface area contributed by atoms with Crippen molar-refractivity contribution < 1.29 is 4.42 Å². The fraction of sp³-hybridized carbons (Fsp3) is 0.0476. The molecule has 4 heterocycles. The molecule has 0 saturated heterocycles. The van der Waals surface area contributed by atoms with Gasteiger partial charge in [-0.3, -0.25) is 4.99 Å². The van der Waals surface area contributed by atoms with Crippen LogP contribution in [0.1, 0.15) is 36.6 Å². The van der Waals surface area contributed by atoms with E-state index in [4.69, 9.17) is 21.0 Å². The number of aliphatic imine (C=N–C) groups is 2. The summed E-state index contributed by atoms with van der Waals surface area (Å²) in [6.07, 6.45) is 0. The van der Waals surface area contributed by atoms with Crippen LogP contribution in [0.3, 0.4) is 0 Å². The number of thiophene rings is 2. The van der Waals surface area contributed by atoms with Gasteiger partial charge in [0.05, 0.1) is 17.1 Å². The van der Waals surface area contributed by atoms with Crippen LogP contribution in [0, 0.1) is 0 Å². The van der Waals surface area contributed by atoms with Crippen LogP contribution in [0.15, 0.2) is 221 Å². The second-order valence-corrected chi connectivity index (χ2v) is 20.4. The summed E-state index contributed by atoms with van der Waals surface area (Å²) in [5.74, 6) is 0.627. The number of hydrogen-bond acceptors (Lipinski definition) is 4. The van der Waals surface area contributed by atoms with E-state index in [0.29, 0.717) is 5.84 Å². The molecule has 4 nitrogen and oxygen atoms in total. The quantitative estimate of drug-likeness (QED) is 0.0931. The summed E-state index contributed by atoms with van der Waals surface area (Å²) in [4.78, 5) is 11.6. The Balaban J connectivity index is 1.07. The van der Waals surface area contributed by atoms with Crippen LogP contribution in [0.4, 0.5) is 0 Å². The average molecular weight is 920 g/mol. The van der Waals surface area contributed by atoms with E-state index >= 15 is 0 Å². The molecule has 326 valence electrons. The first-order valence-corrected chi connectivity index (χ1v) is 25.0. The second-order valence-electron chi connectivity index (χ2n) is 18.2. The van der Waals surface area contributed by atoms with Gasteiger partial charge in [0.2, 0.25) is 0 Å². The van der Waals surface area contributed by atoms with Crippen LogP contribution in [-0.4, -0.2) is 16.1 Å². The summed E-state index contributed by atoms with van der Waals surface area (Å²) >= 11 is 3.65. The summed E-state index contributed by atoms with van der Waals surface area (Å²) in [7, 11) is 0. The number of para-hydroxylation sites is 1. The first-order valence-electron chi connectivity index (χ1n) is 23.4. The molecule has 0 aliphatic rings. The van der Waals surface area contributed by atoms with Crippen molar-refractivity contribution in [3.8, 4) is 5.69 Å². The maximum atomic E-state index is 6.52. The molecule has 0 spiro atoms. The smallest absolute Gasteiger partial charge is 0.156 e. The number of amidine groups is 1. The van der Waals surface area contributed by atoms with Crippen LogP contribution < -0.4 is 0 Å². The molecule has 1 atom stereocenters. The summed E-state index contributed by atoms with van der Waals surface area (Å²) in [6, 6.07) is 69.6. The summed E-state index contributed by atoms with van der Waals surface area (Å²) in [5.41, 5.74) is 9.93. The Hall–Kier alpha value is -8.16. The highest BCUT2D eigenvalue weighted by molar-refractivity contribution is 7.26. The Labute approximate surface area is 405 Å². The molecule has 0 amide bonds. The van der Waals surface area contributed by atoms with Crippen LogP contribution in [0.2, 0.25) is 0 Å². The maximum absolute atomic E-state index is 6.52. The minimum atomic E-state index is -0.474. The highest BCUT2D eigenvalue weighted by atomic mass is 32.1. The number of fused-ring (bicyclic) bond motifs is 15. The second kappa shape index (κ2) is 15.4. The lowest BCUT2D eigenvalue weighted by atomic mass is 9.95. The molecular formula is C63H41N3OS2. The van der Waals surface area contributed by atoms with Crippen molar-refractivity contribution in [3.63, 3.8) is 0 Å². The van der Waals surface area contributed by atoms with E-state index in [9.17, 15) is 0 Å². The normalized spacial score (nSPS) is 13.2. The fourth-order valence-corrected chi connectivity index (χ4v) is 13.3. The number of aromatic nitrogens is 1. The van der Waals surface area contributed by atoms with Crippen molar-refractivity contribution in [2.75, 3.05) is 0 Å². The first-order chi connectivity index (χ1) is 33.9. The van der Waals surface area contributed by atoms with Gasteiger partial charge in [-0.15, -0.1) is 22.7 Å². The lowest BCUT2D eigenvalue weighted by molar-refractivity contribution is 0.669. The summed E-state index contributed by atoms with van der Waals surface area (Å²) in [5, 5.41) is 14.2. The van der Waals surface area contributed by atoms with E-state index in [0.717, 1.165) is 66.6 Å². The molecule has 0 bridgehead atoms. The van der Waals surface area contributed by atoms with E-state index in [1.165, 1.54) is 72.7 Å². The van der Waals surface area contributed by atoms with Crippen molar-refractivity contribution in [3.05, 3.63) is 223 Å². The Kier molecular flexibility index (Phi) is 8.94. The van der Waals surface area contributed by atoms with E-state index in [1.54, 1.807) is 0 Å². The van der Waals surface area contributed by atoms with E-state index < -0.39 is 6.04 Å². The molecule has 1 unspecified atom stereocenters. The molecule has 6 heteroatoms. The number of hydrogen-bond donors (Lipinski definition) is 0. The van der Waals surface area contributed by atoms with Crippen LogP contribution in [0.25, 0.3) is 111 Å². The van der Waals surface area contributed by atoms with Crippen molar-refractivity contribution in [2.24, 2.45) is 9.98 Å². The minimum Gasteiger partial charge on any atom is -0.456 e. The molecule has 0 N–H and O–H groups in total. The van der Waals surface area contributed by atoms with Crippen molar-refractivity contribution in [1.82, 2.24) is 4.57 Å². The van der Waals surface area contributed by atoms with Crippen molar-refractivity contribution >= 4 is 140 Å². The SMILES string of the molecule is C=C(C)C(N=C(N=C(C)c1cccc2sc3ccccc3c12)c1cccc2oc3ccccc3c12)c1cc(-n2c3cc4ccccc4cc3c3c4ccccc4ccc32)cc2sc3ccccc3c12. The summed E-state index contributed by atoms with van der Waals surface area (Å²) < 4.78 is 13.9. The third-order valence-corrected chi connectivity index (χ3v) is 16.3.